The smallest absolute Gasteiger partial charge is 0.322 e. The molecule has 0 aliphatic carbocycles. The number of aryl methyl sites for hydroxylation is 1. The van der Waals surface area contributed by atoms with Crippen LogP contribution in [0.5, 0.6) is 11.8 Å². The number of anilines is 2. The van der Waals surface area contributed by atoms with Gasteiger partial charge in [0.15, 0.2) is 11.6 Å². The predicted octanol–water partition coefficient (Wildman–Crippen LogP) is 2.81. The number of nitrogens with one attached hydrogen (secondary N) is 1. The molecule has 32 heavy (non-hydrogen) atoms. The summed E-state index contributed by atoms with van der Waals surface area (Å²) in [6, 6.07) is 6.06. The average Bonchev–Trinajstić information content (AvgIpc) is 2.71. The third-order valence-electron chi connectivity index (χ3n) is 4.81. The summed E-state index contributed by atoms with van der Waals surface area (Å²) in [7, 11) is 0. The monoisotopic (exact) mass is 455 g/mol. The summed E-state index contributed by atoms with van der Waals surface area (Å²) in [5.41, 5.74) is 7.77. The minimum absolute atomic E-state index is 0.0237. The van der Waals surface area contributed by atoms with E-state index >= 15 is 0 Å². The Morgan fingerprint density at radius 2 is 2.09 bits per heavy atom. The van der Waals surface area contributed by atoms with E-state index in [4.69, 9.17) is 22.1 Å². The zero-order valence-electron chi connectivity index (χ0n) is 17.0. The Morgan fingerprint density at radius 1 is 1.31 bits per heavy atom. The van der Waals surface area contributed by atoms with Crippen LogP contribution in [0.3, 0.4) is 0 Å². The molecule has 11 heteroatoms. The Bertz CT molecular complexity index is 1200. The van der Waals surface area contributed by atoms with Gasteiger partial charge in [-0.1, -0.05) is 24.2 Å². The van der Waals surface area contributed by atoms with Crippen molar-refractivity contribution < 1.29 is 13.9 Å². The van der Waals surface area contributed by atoms with Crippen LogP contribution in [-0.2, 0) is 4.79 Å². The Balaban J connectivity index is 1.56. The fourth-order valence-corrected chi connectivity index (χ4v) is 3.28. The van der Waals surface area contributed by atoms with E-state index in [-0.39, 0.29) is 28.7 Å². The zero-order valence-corrected chi connectivity index (χ0v) is 17.8. The SMILES string of the molecule is C=C(Cl)C(=O)NC1CN(c2ncnc(N)c2-c2ccc(Oc3nccc(C)n3)c(F)c2)C1. The van der Waals surface area contributed by atoms with Crippen LogP contribution in [0.25, 0.3) is 11.1 Å². The molecule has 3 heterocycles. The van der Waals surface area contributed by atoms with Gasteiger partial charge in [-0.2, -0.15) is 0 Å². The number of hydrogen-bond acceptors (Lipinski definition) is 8. The van der Waals surface area contributed by atoms with Crippen molar-refractivity contribution in [1.29, 1.82) is 0 Å². The number of benzene rings is 1. The van der Waals surface area contributed by atoms with Gasteiger partial charge in [-0.15, -0.1) is 0 Å². The molecule has 0 bridgehead atoms. The van der Waals surface area contributed by atoms with Crippen molar-refractivity contribution >= 4 is 29.1 Å². The normalized spacial score (nSPS) is 13.4. The summed E-state index contributed by atoms with van der Waals surface area (Å²) >= 11 is 5.61. The lowest BCUT2D eigenvalue weighted by atomic mass is 10.0. The number of aromatic nitrogens is 4. The first-order valence-corrected chi connectivity index (χ1v) is 9.97. The molecule has 0 atom stereocenters. The number of nitrogens with two attached hydrogens (primary N) is 1. The molecule has 1 amide bonds. The van der Waals surface area contributed by atoms with Crippen molar-refractivity contribution in [2.24, 2.45) is 0 Å². The number of nitrogen functional groups attached to an aromatic ring is 1. The van der Waals surface area contributed by atoms with Crippen molar-refractivity contribution in [3.63, 3.8) is 0 Å². The van der Waals surface area contributed by atoms with E-state index in [1.807, 2.05) is 4.90 Å². The molecule has 164 valence electrons. The van der Waals surface area contributed by atoms with E-state index in [9.17, 15) is 9.18 Å². The number of carbonyl (C=O) groups is 1. The summed E-state index contributed by atoms with van der Waals surface area (Å²) in [5, 5.41) is 2.68. The lowest BCUT2D eigenvalue weighted by Gasteiger charge is -2.41. The molecule has 2 aromatic heterocycles. The highest BCUT2D eigenvalue weighted by atomic mass is 35.5. The lowest BCUT2D eigenvalue weighted by molar-refractivity contribution is -0.117. The van der Waals surface area contributed by atoms with E-state index in [0.717, 1.165) is 0 Å². The maximum atomic E-state index is 14.8. The van der Waals surface area contributed by atoms with Crippen molar-refractivity contribution in [2.75, 3.05) is 23.7 Å². The number of halogens is 2. The number of amides is 1. The van der Waals surface area contributed by atoms with E-state index in [0.29, 0.717) is 35.7 Å². The molecule has 1 fully saturated rings. The number of hydrogen-bond donors (Lipinski definition) is 2. The van der Waals surface area contributed by atoms with Gasteiger partial charge in [-0.05, 0) is 30.7 Å². The van der Waals surface area contributed by atoms with Gasteiger partial charge in [0.25, 0.3) is 5.91 Å². The first kappa shape index (κ1) is 21.4. The third-order valence-corrected chi connectivity index (χ3v) is 4.99. The molecule has 9 nitrogen and oxygen atoms in total. The molecular weight excluding hydrogens is 437 g/mol. The van der Waals surface area contributed by atoms with Gasteiger partial charge in [-0.3, -0.25) is 4.79 Å². The molecule has 3 aromatic rings. The highest BCUT2D eigenvalue weighted by Crippen LogP contribution is 2.37. The van der Waals surface area contributed by atoms with Crippen molar-refractivity contribution in [3.05, 3.63) is 59.9 Å². The van der Waals surface area contributed by atoms with Gasteiger partial charge in [0.2, 0.25) is 0 Å². The summed E-state index contributed by atoms with van der Waals surface area (Å²) in [6.07, 6.45) is 2.87. The number of carbonyl (C=O) groups excluding carboxylic acids is 1. The first-order valence-electron chi connectivity index (χ1n) is 9.60. The molecule has 0 unspecified atom stereocenters. The second-order valence-corrected chi connectivity index (χ2v) is 7.62. The third kappa shape index (κ3) is 4.45. The molecule has 4 rings (SSSR count). The minimum atomic E-state index is -0.615. The van der Waals surface area contributed by atoms with E-state index < -0.39 is 11.7 Å². The van der Waals surface area contributed by atoms with Gasteiger partial charge in [-0.25, -0.2) is 24.3 Å². The number of ether oxygens (including phenoxy) is 1. The predicted molar refractivity (Wildman–Crippen MR) is 118 cm³/mol. The lowest BCUT2D eigenvalue weighted by Crippen LogP contribution is -2.59. The van der Waals surface area contributed by atoms with Crippen molar-refractivity contribution in [3.8, 4) is 22.9 Å². The number of rotatable bonds is 6. The van der Waals surface area contributed by atoms with Crippen molar-refractivity contribution in [2.45, 2.75) is 13.0 Å². The van der Waals surface area contributed by atoms with Crippen LogP contribution in [0.2, 0.25) is 0 Å². The Morgan fingerprint density at radius 3 is 2.78 bits per heavy atom. The van der Waals surface area contributed by atoms with Gasteiger partial charge >= 0.3 is 6.01 Å². The second kappa shape index (κ2) is 8.75. The van der Waals surface area contributed by atoms with Crippen LogP contribution < -0.4 is 20.7 Å². The largest absolute Gasteiger partial charge is 0.421 e. The summed E-state index contributed by atoms with van der Waals surface area (Å²) in [6.45, 7) is 6.15. The van der Waals surface area contributed by atoms with Gasteiger partial charge in [0.1, 0.15) is 18.0 Å². The fourth-order valence-electron chi connectivity index (χ4n) is 3.23. The zero-order chi connectivity index (χ0) is 22.8. The molecule has 0 saturated carbocycles. The summed E-state index contributed by atoms with van der Waals surface area (Å²) in [5.74, 6) is -0.330. The highest BCUT2D eigenvalue weighted by Gasteiger charge is 2.32. The van der Waals surface area contributed by atoms with Crippen LogP contribution in [0.1, 0.15) is 5.69 Å². The topological polar surface area (TPSA) is 119 Å². The van der Waals surface area contributed by atoms with Crippen LogP contribution in [-0.4, -0.2) is 45.0 Å². The molecule has 0 radical (unpaired) electrons. The van der Waals surface area contributed by atoms with Gasteiger partial charge in [0.05, 0.1) is 16.6 Å². The van der Waals surface area contributed by atoms with Crippen molar-refractivity contribution in [1.82, 2.24) is 25.3 Å². The molecule has 0 spiro atoms. The Kier molecular flexibility index (Phi) is 5.87. The highest BCUT2D eigenvalue weighted by molar-refractivity contribution is 6.41. The maximum Gasteiger partial charge on any atom is 0.322 e. The fraction of sp³-hybridized carbons (Fsp3) is 0.190. The standard InChI is InChI=1S/C21H19ClFN7O2/c1-11-5-6-25-21(28-11)32-16-4-3-13(7-15(16)23)17-18(24)26-10-27-19(17)30-8-14(9-30)29-20(31)12(2)22/h3-7,10,14H,2,8-9H2,1H3,(H,29,31)(H2,24,26,27). The van der Waals surface area contributed by atoms with Crippen LogP contribution in [0.15, 0.2) is 48.4 Å². The second-order valence-electron chi connectivity index (χ2n) is 7.17. The first-order chi connectivity index (χ1) is 15.3. The van der Waals surface area contributed by atoms with E-state index in [1.54, 1.807) is 19.1 Å². The number of nitrogens with zero attached hydrogens (tertiary/aromatic N) is 5. The molecular formula is C21H19ClFN7O2. The quantitative estimate of drug-likeness (QED) is 0.544. The molecule has 1 aliphatic rings. The van der Waals surface area contributed by atoms with Crippen LogP contribution >= 0.6 is 11.6 Å². The Hall–Kier alpha value is -3.79. The molecule has 1 aromatic carbocycles. The molecule has 1 aliphatic heterocycles. The van der Waals surface area contributed by atoms with E-state index in [2.05, 4.69) is 31.8 Å². The summed E-state index contributed by atoms with van der Waals surface area (Å²) in [4.78, 5) is 30.0. The molecule has 3 N–H and O–H groups in total. The maximum absolute atomic E-state index is 14.8. The molecule has 1 saturated heterocycles. The van der Waals surface area contributed by atoms with Gasteiger partial charge < -0.3 is 20.7 Å². The average molecular weight is 456 g/mol. The van der Waals surface area contributed by atoms with E-state index in [1.165, 1.54) is 24.7 Å². The van der Waals surface area contributed by atoms with Gasteiger partial charge in [0, 0.05) is 25.0 Å². The van der Waals surface area contributed by atoms with Crippen LogP contribution in [0, 0.1) is 12.7 Å². The Labute approximate surface area is 188 Å². The van der Waals surface area contributed by atoms with Crippen LogP contribution in [0.4, 0.5) is 16.0 Å². The minimum Gasteiger partial charge on any atom is -0.421 e. The summed E-state index contributed by atoms with van der Waals surface area (Å²) < 4.78 is 20.3.